The summed E-state index contributed by atoms with van der Waals surface area (Å²) in [6.45, 7) is 4.42. The Morgan fingerprint density at radius 2 is 1.94 bits per heavy atom. The number of anilines is 2. The van der Waals surface area contributed by atoms with Gasteiger partial charge in [0, 0.05) is 6.20 Å². The zero-order valence-corrected chi connectivity index (χ0v) is 11.8. The van der Waals surface area contributed by atoms with Crippen LogP contribution in [0.3, 0.4) is 0 Å². The van der Waals surface area contributed by atoms with E-state index in [9.17, 15) is 0 Å². The molecule has 0 aromatic carbocycles. The number of halogens is 1. The maximum atomic E-state index is 5.77. The second-order valence-corrected chi connectivity index (χ2v) is 4.80. The molecule has 0 fully saturated rings. The van der Waals surface area contributed by atoms with Gasteiger partial charge in [0.15, 0.2) is 0 Å². The van der Waals surface area contributed by atoms with Crippen LogP contribution in [-0.4, -0.2) is 15.0 Å². The molecule has 6 heteroatoms. The molecule has 5 nitrogen and oxygen atoms in total. The van der Waals surface area contributed by atoms with E-state index in [4.69, 9.17) is 5.73 Å². The fraction of sp³-hybridized carbons (Fsp3) is 0.250. The van der Waals surface area contributed by atoms with Gasteiger partial charge in [-0.3, -0.25) is 9.97 Å². The Kier molecular flexibility index (Phi) is 3.76. The molecule has 0 saturated carbocycles. The topological polar surface area (TPSA) is 76.7 Å². The lowest BCUT2D eigenvalue weighted by molar-refractivity contribution is 0.974. The van der Waals surface area contributed by atoms with Crippen molar-refractivity contribution in [1.29, 1.82) is 0 Å². The summed E-state index contributed by atoms with van der Waals surface area (Å²) >= 11 is 3.48. The predicted molar refractivity (Wildman–Crippen MR) is 75.2 cm³/mol. The van der Waals surface area contributed by atoms with Gasteiger partial charge in [-0.15, -0.1) is 0 Å². The second-order valence-electron chi connectivity index (χ2n) is 4.00. The minimum Gasteiger partial charge on any atom is -0.397 e. The van der Waals surface area contributed by atoms with Gasteiger partial charge in [0.05, 0.1) is 40.5 Å². The molecule has 0 radical (unpaired) electrons. The van der Waals surface area contributed by atoms with Crippen LogP contribution in [0.1, 0.15) is 17.0 Å². The van der Waals surface area contributed by atoms with E-state index in [-0.39, 0.29) is 0 Å². The number of rotatable bonds is 3. The molecule has 0 aliphatic carbocycles. The molecule has 2 rings (SSSR count). The second kappa shape index (κ2) is 5.30. The number of hydrogen-bond acceptors (Lipinski definition) is 5. The van der Waals surface area contributed by atoms with Gasteiger partial charge in [0.2, 0.25) is 0 Å². The molecule has 18 heavy (non-hydrogen) atoms. The average Bonchev–Trinajstić information content (AvgIpc) is 2.37. The summed E-state index contributed by atoms with van der Waals surface area (Å²) in [6.07, 6.45) is 5.14. The van der Waals surface area contributed by atoms with Gasteiger partial charge in [0.1, 0.15) is 5.82 Å². The van der Waals surface area contributed by atoms with Crippen molar-refractivity contribution in [2.45, 2.75) is 20.4 Å². The summed E-state index contributed by atoms with van der Waals surface area (Å²) in [5.41, 5.74) is 9.18. The van der Waals surface area contributed by atoms with Gasteiger partial charge < -0.3 is 11.1 Å². The molecule has 0 amide bonds. The molecule has 0 atom stereocenters. The Morgan fingerprint density at radius 3 is 2.61 bits per heavy atom. The summed E-state index contributed by atoms with van der Waals surface area (Å²) in [5, 5.41) is 3.20. The smallest absolute Gasteiger partial charge is 0.141 e. The van der Waals surface area contributed by atoms with Crippen LogP contribution < -0.4 is 11.1 Å². The number of hydrogen-bond donors (Lipinski definition) is 2. The molecule has 0 spiro atoms. The SMILES string of the molecule is Cc1cnc(CNc2ncc(N)c(C)c2Br)cn1. The molecule has 2 heterocycles. The standard InChI is InChI=1S/C12H14BrN5/c1-7-3-16-9(4-15-7)5-17-12-11(13)8(2)10(14)6-18-12/h3-4,6H,5,14H2,1-2H3,(H,17,18). The molecular weight excluding hydrogens is 294 g/mol. The number of nitrogen functional groups attached to an aromatic ring is 1. The molecule has 0 aliphatic heterocycles. The van der Waals surface area contributed by atoms with Gasteiger partial charge in [-0.25, -0.2) is 4.98 Å². The maximum absolute atomic E-state index is 5.77. The van der Waals surface area contributed by atoms with E-state index in [0.717, 1.165) is 27.2 Å². The molecule has 0 saturated heterocycles. The summed E-state index contributed by atoms with van der Waals surface area (Å²) < 4.78 is 0.877. The lowest BCUT2D eigenvalue weighted by atomic mass is 10.2. The largest absolute Gasteiger partial charge is 0.397 e. The minimum atomic E-state index is 0.572. The van der Waals surface area contributed by atoms with E-state index in [2.05, 4.69) is 36.2 Å². The summed E-state index contributed by atoms with van der Waals surface area (Å²) in [7, 11) is 0. The van der Waals surface area contributed by atoms with Crippen LogP contribution in [0.2, 0.25) is 0 Å². The van der Waals surface area contributed by atoms with Crippen molar-refractivity contribution in [2.24, 2.45) is 0 Å². The van der Waals surface area contributed by atoms with Gasteiger partial charge in [0.25, 0.3) is 0 Å². The zero-order chi connectivity index (χ0) is 13.1. The van der Waals surface area contributed by atoms with Gasteiger partial charge in [-0.1, -0.05) is 0 Å². The molecule has 3 N–H and O–H groups in total. The zero-order valence-electron chi connectivity index (χ0n) is 10.2. The number of nitrogens with two attached hydrogens (primary N) is 1. The number of pyridine rings is 1. The van der Waals surface area contributed by atoms with Crippen molar-refractivity contribution in [3.05, 3.63) is 40.0 Å². The van der Waals surface area contributed by atoms with E-state index in [1.54, 1.807) is 18.6 Å². The van der Waals surface area contributed by atoms with Crippen LogP contribution in [-0.2, 0) is 6.54 Å². The van der Waals surface area contributed by atoms with E-state index in [1.165, 1.54) is 0 Å². The Morgan fingerprint density at radius 1 is 1.17 bits per heavy atom. The maximum Gasteiger partial charge on any atom is 0.141 e. The van der Waals surface area contributed by atoms with Crippen LogP contribution in [0, 0.1) is 13.8 Å². The van der Waals surface area contributed by atoms with E-state index in [0.29, 0.717) is 12.2 Å². The van der Waals surface area contributed by atoms with E-state index in [1.807, 2.05) is 13.8 Å². The van der Waals surface area contributed by atoms with Crippen molar-refractivity contribution in [2.75, 3.05) is 11.1 Å². The third kappa shape index (κ3) is 2.76. The van der Waals surface area contributed by atoms with E-state index < -0.39 is 0 Å². The lowest BCUT2D eigenvalue weighted by Gasteiger charge is -2.10. The van der Waals surface area contributed by atoms with Crippen LogP contribution in [0.5, 0.6) is 0 Å². The molecule has 94 valence electrons. The number of aryl methyl sites for hydroxylation is 1. The first-order chi connectivity index (χ1) is 8.58. The van der Waals surface area contributed by atoms with Crippen molar-refractivity contribution >= 4 is 27.4 Å². The summed E-state index contributed by atoms with van der Waals surface area (Å²) in [6, 6.07) is 0. The normalized spacial score (nSPS) is 10.4. The van der Waals surface area contributed by atoms with Gasteiger partial charge in [-0.05, 0) is 35.3 Å². The Balaban J connectivity index is 2.11. The van der Waals surface area contributed by atoms with Gasteiger partial charge in [-0.2, -0.15) is 0 Å². The Bertz CT molecular complexity index is 553. The first-order valence-electron chi connectivity index (χ1n) is 5.50. The molecule has 2 aromatic heterocycles. The third-order valence-electron chi connectivity index (χ3n) is 2.57. The van der Waals surface area contributed by atoms with Crippen molar-refractivity contribution in [1.82, 2.24) is 15.0 Å². The van der Waals surface area contributed by atoms with Crippen LogP contribution in [0.25, 0.3) is 0 Å². The van der Waals surface area contributed by atoms with Crippen LogP contribution in [0.4, 0.5) is 11.5 Å². The Labute approximate surface area is 114 Å². The average molecular weight is 308 g/mol. The van der Waals surface area contributed by atoms with Crippen molar-refractivity contribution in [3.63, 3.8) is 0 Å². The highest BCUT2D eigenvalue weighted by atomic mass is 79.9. The summed E-state index contributed by atoms with van der Waals surface area (Å²) in [5.74, 6) is 0.754. The van der Waals surface area contributed by atoms with Crippen molar-refractivity contribution < 1.29 is 0 Å². The fourth-order valence-corrected chi connectivity index (χ4v) is 1.87. The quantitative estimate of drug-likeness (QED) is 0.911. The molecule has 0 unspecified atom stereocenters. The molecular formula is C12H14BrN5. The number of nitrogens with zero attached hydrogens (tertiary/aromatic N) is 3. The Hall–Kier alpha value is -1.69. The van der Waals surface area contributed by atoms with E-state index >= 15 is 0 Å². The first-order valence-corrected chi connectivity index (χ1v) is 6.29. The fourth-order valence-electron chi connectivity index (χ4n) is 1.40. The monoisotopic (exact) mass is 307 g/mol. The predicted octanol–water partition coefficient (Wildman–Crippen LogP) is 2.45. The highest BCUT2D eigenvalue weighted by molar-refractivity contribution is 9.10. The highest BCUT2D eigenvalue weighted by Crippen LogP contribution is 2.27. The molecule has 0 bridgehead atoms. The van der Waals surface area contributed by atoms with Crippen LogP contribution >= 0.6 is 15.9 Å². The van der Waals surface area contributed by atoms with Crippen molar-refractivity contribution in [3.8, 4) is 0 Å². The van der Waals surface area contributed by atoms with Gasteiger partial charge >= 0.3 is 0 Å². The first kappa shape index (κ1) is 12.8. The third-order valence-corrected chi connectivity index (χ3v) is 3.54. The lowest BCUT2D eigenvalue weighted by Crippen LogP contribution is -2.06. The number of nitrogens with one attached hydrogen (secondary N) is 1. The summed E-state index contributed by atoms with van der Waals surface area (Å²) in [4.78, 5) is 12.7. The molecule has 2 aromatic rings. The molecule has 0 aliphatic rings. The highest BCUT2D eigenvalue weighted by Gasteiger charge is 2.07. The number of aromatic nitrogens is 3. The minimum absolute atomic E-state index is 0.572. The van der Waals surface area contributed by atoms with Crippen LogP contribution in [0.15, 0.2) is 23.1 Å².